The fourth-order valence-corrected chi connectivity index (χ4v) is 2.80. The van der Waals surface area contributed by atoms with Crippen LogP contribution in [0.1, 0.15) is 27.3 Å². The molecule has 0 aliphatic heterocycles. The largest absolute Gasteiger partial charge is 0.418 e. The van der Waals surface area contributed by atoms with E-state index in [1.807, 2.05) is 0 Å². The Morgan fingerprint density at radius 3 is 2.41 bits per heavy atom. The zero-order valence-electron chi connectivity index (χ0n) is 15.3. The van der Waals surface area contributed by atoms with Gasteiger partial charge in [0.1, 0.15) is 5.82 Å². The van der Waals surface area contributed by atoms with Crippen molar-refractivity contribution in [1.29, 1.82) is 0 Å². The van der Waals surface area contributed by atoms with Gasteiger partial charge in [-0.3, -0.25) is 9.59 Å². The number of nitrogens with one attached hydrogen (secondary N) is 1. The topological polar surface area (TPSA) is 64.0 Å². The van der Waals surface area contributed by atoms with E-state index in [9.17, 15) is 27.2 Å². The van der Waals surface area contributed by atoms with E-state index in [4.69, 9.17) is 0 Å². The maximum Gasteiger partial charge on any atom is 0.418 e. The molecule has 0 fully saturated rings. The van der Waals surface area contributed by atoms with E-state index >= 15 is 0 Å². The summed E-state index contributed by atoms with van der Waals surface area (Å²) in [5.74, 6) is -1.41. The molecule has 0 bridgehead atoms. The van der Waals surface area contributed by atoms with Crippen molar-refractivity contribution in [2.24, 2.45) is 0 Å². The molecule has 0 spiro atoms. The first-order valence-electron chi connectivity index (χ1n) is 8.43. The van der Waals surface area contributed by atoms with Gasteiger partial charge in [0, 0.05) is 17.4 Å². The number of para-hydroxylation sites is 1. The van der Waals surface area contributed by atoms with Crippen LogP contribution >= 0.6 is 0 Å². The van der Waals surface area contributed by atoms with E-state index in [-0.39, 0.29) is 17.1 Å². The molecule has 0 saturated heterocycles. The van der Waals surface area contributed by atoms with Gasteiger partial charge >= 0.3 is 6.18 Å². The van der Waals surface area contributed by atoms with Crippen molar-refractivity contribution in [2.45, 2.75) is 20.0 Å². The van der Waals surface area contributed by atoms with Gasteiger partial charge in [-0.2, -0.15) is 18.3 Å². The lowest BCUT2D eigenvalue weighted by Crippen LogP contribution is -2.27. The van der Waals surface area contributed by atoms with Crippen LogP contribution in [-0.4, -0.2) is 15.7 Å². The average Bonchev–Trinajstić information content (AvgIpc) is 2.63. The molecule has 3 aromatic rings. The van der Waals surface area contributed by atoms with Gasteiger partial charge in [0.25, 0.3) is 5.91 Å². The molecule has 0 saturated carbocycles. The molecule has 0 aliphatic rings. The van der Waals surface area contributed by atoms with E-state index in [2.05, 4.69) is 10.4 Å². The number of amides is 1. The van der Waals surface area contributed by atoms with Crippen molar-refractivity contribution in [3.05, 3.63) is 87.1 Å². The molecule has 1 N–H and O–H groups in total. The smallest absolute Gasteiger partial charge is 0.320 e. The van der Waals surface area contributed by atoms with Crippen molar-refractivity contribution in [2.75, 3.05) is 5.32 Å². The first-order valence-corrected chi connectivity index (χ1v) is 8.43. The number of anilines is 1. The molecule has 29 heavy (non-hydrogen) atoms. The van der Waals surface area contributed by atoms with Crippen molar-refractivity contribution < 1.29 is 22.4 Å². The summed E-state index contributed by atoms with van der Waals surface area (Å²) in [4.78, 5) is 24.8. The Bertz CT molecular complexity index is 1150. The number of hydrogen-bond acceptors (Lipinski definition) is 3. The second kappa shape index (κ2) is 7.50. The molecule has 5 nitrogen and oxygen atoms in total. The van der Waals surface area contributed by atoms with Crippen molar-refractivity contribution in [3.8, 4) is 5.69 Å². The molecule has 0 atom stereocenters. The van der Waals surface area contributed by atoms with Gasteiger partial charge in [-0.05, 0) is 49.7 Å². The first-order chi connectivity index (χ1) is 13.6. The van der Waals surface area contributed by atoms with Gasteiger partial charge in [-0.25, -0.2) is 9.07 Å². The number of carbonyl (C=O) groups excluding carboxylic acids is 1. The highest BCUT2D eigenvalue weighted by Crippen LogP contribution is 2.33. The van der Waals surface area contributed by atoms with Crippen LogP contribution in [0, 0.1) is 19.7 Å². The number of aromatic nitrogens is 2. The predicted molar refractivity (Wildman–Crippen MR) is 98.7 cm³/mol. The maximum absolute atomic E-state index is 13.4. The number of carbonyl (C=O) groups is 1. The van der Waals surface area contributed by atoms with E-state index in [1.54, 1.807) is 6.92 Å². The molecule has 1 aromatic heterocycles. The lowest BCUT2D eigenvalue weighted by atomic mass is 10.1. The molecule has 1 heterocycles. The van der Waals surface area contributed by atoms with Crippen LogP contribution in [0.3, 0.4) is 0 Å². The summed E-state index contributed by atoms with van der Waals surface area (Å²) >= 11 is 0. The van der Waals surface area contributed by atoms with Gasteiger partial charge in [0.15, 0.2) is 5.69 Å². The summed E-state index contributed by atoms with van der Waals surface area (Å²) in [6.07, 6.45) is -4.65. The Kier molecular flexibility index (Phi) is 5.23. The molecular weight excluding hydrogens is 390 g/mol. The zero-order chi connectivity index (χ0) is 21.3. The lowest BCUT2D eigenvalue weighted by Gasteiger charge is -2.16. The highest BCUT2D eigenvalue weighted by atomic mass is 19.4. The van der Waals surface area contributed by atoms with Crippen LogP contribution in [0.4, 0.5) is 23.2 Å². The maximum atomic E-state index is 13.4. The molecule has 2 aromatic carbocycles. The number of alkyl halides is 3. The summed E-state index contributed by atoms with van der Waals surface area (Å²) in [5.41, 5.74) is -1.82. The molecule has 3 rings (SSSR count). The number of nitrogens with zero attached hydrogens (tertiary/aromatic N) is 2. The Labute approximate surface area is 162 Å². The summed E-state index contributed by atoms with van der Waals surface area (Å²) in [6.45, 7) is 2.96. The van der Waals surface area contributed by atoms with Crippen LogP contribution in [-0.2, 0) is 6.18 Å². The van der Waals surface area contributed by atoms with Crippen LogP contribution < -0.4 is 10.7 Å². The SMILES string of the molecule is Cc1cc(F)ccc1NC(=O)c1nn(-c2ccccc2C(F)(F)F)c(C)cc1=O. The minimum atomic E-state index is -4.65. The minimum Gasteiger partial charge on any atom is -0.320 e. The minimum absolute atomic E-state index is 0.126. The highest BCUT2D eigenvalue weighted by Gasteiger charge is 2.34. The summed E-state index contributed by atoms with van der Waals surface area (Å²) in [6, 6.07) is 9.37. The van der Waals surface area contributed by atoms with Gasteiger partial charge in [0.2, 0.25) is 5.43 Å². The normalized spacial score (nSPS) is 11.4. The zero-order valence-corrected chi connectivity index (χ0v) is 15.3. The van der Waals surface area contributed by atoms with Crippen LogP contribution in [0.15, 0.2) is 53.3 Å². The second-order valence-corrected chi connectivity index (χ2v) is 6.34. The molecule has 0 aliphatic carbocycles. The number of halogens is 4. The number of hydrogen-bond donors (Lipinski definition) is 1. The van der Waals surface area contributed by atoms with Crippen LogP contribution in [0.2, 0.25) is 0 Å². The van der Waals surface area contributed by atoms with Crippen molar-refractivity contribution in [3.63, 3.8) is 0 Å². The summed E-state index contributed by atoms with van der Waals surface area (Å²) in [7, 11) is 0. The lowest BCUT2D eigenvalue weighted by molar-refractivity contribution is -0.137. The first kappa shape index (κ1) is 20.2. The molecule has 9 heteroatoms. The molecule has 0 unspecified atom stereocenters. The monoisotopic (exact) mass is 405 g/mol. The van der Waals surface area contributed by atoms with Crippen LogP contribution in [0.25, 0.3) is 5.69 Å². The van der Waals surface area contributed by atoms with Crippen LogP contribution in [0.5, 0.6) is 0 Å². The third-order valence-electron chi connectivity index (χ3n) is 4.20. The second-order valence-electron chi connectivity index (χ2n) is 6.34. The third kappa shape index (κ3) is 4.18. The van der Waals surface area contributed by atoms with Gasteiger partial charge in [-0.15, -0.1) is 0 Å². The Morgan fingerprint density at radius 1 is 1.07 bits per heavy atom. The predicted octanol–water partition coefficient (Wildman–Crippen LogP) is 4.26. The Morgan fingerprint density at radius 2 is 1.76 bits per heavy atom. The third-order valence-corrected chi connectivity index (χ3v) is 4.20. The molecule has 0 radical (unpaired) electrons. The Hall–Kier alpha value is -3.49. The molecule has 150 valence electrons. The molecule has 1 amide bonds. The molecular formula is C20H15F4N3O2. The fourth-order valence-electron chi connectivity index (χ4n) is 2.80. The van der Waals surface area contributed by atoms with E-state index in [1.165, 1.54) is 37.3 Å². The van der Waals surface area contributed by atoms with Crippen molar-refractivity contribution in [1.82, 2.24) is 9.78 Å². The number of rotatable bonds is 3. The summed E-state index contributed by atoms with van der Waals surface area (Å²) in [5, 5.41) is 6.31. The van der Waals surface area contributed by atoms with Crippen molar-refractivity contribution >= 4 is 11.6 Å². The number of aryl methyl sites for hydroxylation is 2. The van der Waals surface area contributed by atoms with E-state index in [0.717, 1.165) is 22.9 Å². The summed E-state index contributed by atoms with van der Waals surface area (Å²) < 4.78 is 54.2. The fraction of sp³-hybridized carbons (Fsp3) is 0.150. The highest BCUT2D eigenvalue weighted by molar-refractivity contribution is 6.03. The standard InChI is InChI=1S/C20H15F4N3O2/c1-11-9-13(21)7-8-15(11)25-19(29)18-17(28)10-12(2)27(26-18)16-6-4-3-5-14(16)20(22,23)24/h3-10H,1-2H3,(H,25,29). The van der Waals surface area contributed by atoms with Gasteiger partial charge < -0.3 is 5.32 Å². The van der Waals surface area contributed by atoms with E-state index < -0.39 is 34.6 Å². The average molecular weight is 405 g/mol. The van der Waals surface area contributed by atoms with E-state index in [0.29, 0.717) is 5.56 Å². The quantitative estimate of drug-likeness (QED) is 0.663. The van der Waals surface area contributed by atoms with Gasteiger partial charge in [-0.1, -0.05) is 12.1 Å². The number of benzene rings is 2. The van der Waals surface area contributed by atoms with Gasteiger partial charge in [0.05, 0.1) is 11.3 Å². The Balaban J connectivity index is 2.08.